The molecule has 0 aliphatic heterocycles. The lowest BCUT2D eigenvalue weighted by Crippen LogP contribution is -1.96. The van der Waals surface area contributed by atoms with E-state index in [2.05, 4.69) is 5.10 Å². The summed E-state index contributed by atoms with van der Waals surface area (Å²) < 4.78 is 7.12. The molecule has 0 atom stereocenters. The molecule has 0 amide bonds. The number of aromatic nitrogens is 2. The van der Waals surface area contributed by atoms with Crippen molar-refractivity contribution in [3.05, 3.63) is 39.5 Å². The third-order valence-electron chi connectivity index (χ3n) is 2.44. The zero-order valence-electron chi connectivity index (χ0n) is 9.78. The van der Waals surface area contributed by atoms with Gasteiger partial charge in [-0.1, -0.05) is 23.2 Å². The molecule has 2 rings (SSSR count). The van der Waals surface area contributed by atoms with Crippen LogP contribution < -0.4 is 4.74 Å². The second-order valence-corrected chi connectivity index (χ2v) is 4.54. The molecule has 0 aliphatic rings. The number of carbonyl (C=O) groups is 1. The van der Waals surface area contributed by atoms with Gasteiger partial charge in [0.15, 0.2) is 6.29 Å². The molecule has 0 N–H and O–H groups in total. The van der Waals surface area contributed by atoms with E-state index >= 15 is 0 Å². The first-order chi connectivity index (χ1) is 8.52. The van der Waals surface area contributed by atoms with E-state index in [4.69, 9.17) is 27.9 Å². The Hall–Kier alpha value is -1.52. The van der Waals surface area contributed by atoms with Crippen molar-refractivity contribution in [1.29, 1.82) is 0 Å². The molecule has 0 spiro atoms. The number of rotatable bonds is 3. The topological polar surface area (TPSA) is 44.1 Å². The van der Waals surface area contributed by atoms with Gasteiger partial charge in [-0.2, -0.15) is 5.10 Å². The van der Waals surface area contributed by atoms with Crippen molar-refractivity contribution in [3.8, 4) is 11.6 Å². The van der Waals surface area contributed by atoms with Gasteiger partial charge in [-0.05, 0) is 19.1 Å². The van der Waals surface area contributed by atoms with Crippen LogP contribution in [0.25, 0.3) is 0 Å². The Balaban J connectivity index is 2.39. The van der Waals surface area contributed by atoms with E-state index in [1.54, 1.807) is 32.2 Å². The molecule has 0 radical (unpaired) electrons. The van der Waals surface area contributed by atoms with E-state index in [9.17, 15) is 4.79 Å². The minimum Gasteiger partial charge on any atom is -0.438 e. The number of aryl methyl sites for hydroxylation is 2. The molecule has 0 unspecified atom stereocenters. The highest BCUT2D eigenvalue weighted by Gasteiger charge is 2.15. The van der Waals surface area contributed by atoms with Crippen molar-refractivity contribution in [3.63, 3.8) is 0 Å². The van der Waals surface area contributed by atoms with Gasteiger partial charge in [0.1, 0.15) is 5.75 Å². The highest BCUT2D eigenvalue weighted by Crippen LogP contribution is 2.31. The van der Waals surface area contributed by atoms with Crippen molar-refractivity contribution in [2.24, 2.45) is 7.05 Å². The number of aldehydes is 1. The molecule has 6 heteroatoms. The molecule has 94 valence electrons. The first-order valence-electron chi connectivity index (χ1n) is 5.14. The lowest BCUT2D eigenvalue weighted by molar-refractivity contribution is 0.112. The van der Waals surface area contributed by atoms with Crippen molar-refractivity contribution >= 4 is 29.5 Å². The molecule has 0 fully saturated rings. The van der Waals surface area contributed by atoms with E-state index in [1.807, 2.05) is 0 Å². The van der Waals surface area contributed by atoms with Gasteiger partial charge in [0, 0.05) is 13.1 Å². The lowest BCUT2D eigenvalue weighted by atomic mass is 10.3. The summed E-state index contributed by atoms with van der Waals surface area (Å²) in [5, 5.41) is 4.95. The van der Waals surface area contributed by atoms with Crippen LogP contribution in [0.2, 0.25) is 10.0 Å². The average Bonchev–Trinajstić information content (AvgIpc) is 2.58. The van der Waals surface area contributed by atoms with E-state index < -0.39 is 0 Å². The molecule has 0 saturated heterocycles. The summed E-state index contributed by atoms with van der Waals surface area (Å²) in [7, 11) is 1.70. The van der Waals surface area contributed by atoms with Crippen LogP contribution in [0, 0.1) is 6.92 Å². The van der Waals surface area contributed by atoms with E-state index in [0.29, 0.717) is 32.9 Å². The fourth-order valence-electron chi connectivity index (χ4n) is 1.56. The van der Waals surface area contributed by atoms with E-state index in [0.717, 1.165) is 6.29 Å². The molecule has 1 heterocycles. The molecule has 1 aromatic heterocycles. The Morgan fingerprint density at radius 2 is 2.06 bits per heavy atom. The Kier molecular flexibility index (Phi) is 3.59. The molecule has 0 aliphatic carbocycles. The predicted molar refractivity (Wildman–Crippen MR) is 69.9 cm³/mol. The van der Waals surface area contributed by atoms with Gasteiger partial charge in [-0.25, -0.2) is 4.68 Å². The average molecular weight is 285 g/mol. The summed E-state index contributed by atoms with van der Waals surface area (Å²) >= 11 is 11.7. The quantitative estimate of drug-likeness (QED) is 0.809. The van der Waals surface area contributed by atoms with Crippen LogP contribution in [0.5, 0.6) is 11.6 Å². The standard InChI is InChI=1S/C12H10Cl2N2O2/c1-7-9(6-17)12(16(2)15-7)18-8-3-4-10(13)11(14)5-8/h3-6H,1-2H3. The van der Waals surface area contributed by atoms with Crippen LogP contribution in [-0.4, -0.2) is 16.1 Å². The van der Waals surface area contributed by atoms with Gasteiger partial charge < -0.3 is 4.74 Å². The molecular formula is C12H10Cl2N2O2. The fraction of sp³-hybridized carbons (Fsp3) is 0.167. The maximum absolute atomic E-state index is 11.0. The van der Waals surface area contributed by atoms with Gasteiger partial charge in [0.25, 0.3) is 0 Å². The van der Waals surface area contributed by atoms with Crippen LogP contribution >= 0.6 is 23.2 Å². The SMILES string of the molecule is Cc1nn(C)c(Oc2ccc(Cl)c(Cl)c2)c1C=O. The number of halogens is 2. The van der Waals surface area contributed by atoms with Crippen LogP contribution in [0.15, 0.2) is 18.2 Å². The number of nitrogens with zero attached hydrogens (tertiary/aromatic N) is 2. The molecule has 4 nitrogen and oxygen atoms in total. The Bertz CT molecular complexity index is 608. The maximum atomic E-state index is 11.0. The Morgan fingerprint density at radius 1 is 1.33 bits per heavy atom. The van der Waals surface area contributed by atoms with Crippen molar-refractivity contribution in [2.45, 2.75) is 6.92 Å². The first-order valence-corrected chi connectivity index (χ1v) is 5.90. The van der Waals surface area contributed by atoms with Crippen molar-refractivity contribution < 1.29 is 9.53 Å². The van der Waals surface area contributed by atoms with Gasteiger partial charge >= 0.3 is 0 Å². The number of carbonyl (C=O) groups excluding carboxylic acids is 1. The summed E-state index contributed by atoms with van der Waals surface area (Å²) in [6.45, 7) is 1.74. The Morgan fingerprint density at radius 3 is 2.67 bits per heavy atom. The molecular weight excluding hydrogens is 275 g/mol. The highest BCUT2D eigenvalue weighted by atomic mass is 35.5. The van der Waals surface area contributed by atoms with E-state index in [1.165, 1.54) is 4.68 Å². The largest absolute Gasteiger partial charge is 0.438 e. The van der Waals surface area contributed by atoms with Gasteiger partial charge in [-0.3, -0.25) is 4.79 Å². The second-order valence-electron chi connectivity index (χ2n) is 3.72. The number of hydrogen-bond donors (Lipinski definition) is 0. The normalized spacial score (nSPS) is 10.4. The zero-order valence-corrected chi connectivity index (χ0v) is 11.3. The number of hydrogen-bond acceptors (Lipinski definition) is 3. The molecule has 18 heavy (non-hydrogen) atoms. The van der Waals surface area contributed by atoms with Crippen LogP contribution in [-0.2, 0) is 7.05 Å². The van der Waals surface area contributed by atoms with Crippen LogP contribution in [0.3, 0.4) is 0 Å². The summed E-state index contributed by atoms with van der Waals surface area (Å²) in [6.07, 6.45) is 0.717. The molecule has 0 saturated carbocycles. The van der Waals surface area contributed by atoms with Crippen molar-refractivity contribution in [1.82, 2.24) is 9.78 Å². The summed E-state index contributed by atoms with van der Waals surface area (Å²) in [6, 6.07) is 4.88. The molecule has 2 aromatic rings. The fourth-order valence-corrected chi connectivity index (χ4v) is 1.85. The van der Waals surface area contributed by atoms with Crippen LogP contribution in [0.4, 0.5) is 0 Å². The first kappa shape index (κ1) is 12.9. The molecule has 1 aromatic carbocycles. The minimum atomic E-state index is 0.376. The Labute approximate surface area is 114 Å². The number of benzene rings is 1. The van der Waals surface area contributed by atoms with Gasteiger partial charge in [-0.15, -0.1) is 0 Å². The number of ether oxygens (including phenoxy) is 1. The summed E-state index contributed by atoms with van der Waals surface area (Å²) in [5.74, 6) is 0.872. The van der Waals surface area contributed by atoms with Gasteiger partial charge in [0.05, 0.1) is 21.3 Å². The van der Waals surface area contributed by atoms with Crippen molar-refractivity contribution in [2.75, 3.05) is 0 Å². The summed E-state index contributed by atoms with van der Waals surface area (Å²) in [5.41, 5.74) is 1.03. The highest BCUT2D eigenvalue weighted by molar-refractivity contribution is 6.42. The lowest BCUT2D eigenvalue weighted by Gasteiger charge is -2.07. The minimum absolute atomic E-state index is 0.376. The van der Waals surface area contributed by atoms with Gasteiger partial charge in [0.2, 0.25) is 5.88 Å². The predicted octanol–water partition coefficient (Wildman–Crippen LogP) is 3.64. The monoisotopic (exact) mass is 284 g/mol. The third-order valence-corrected chi connectivity index (χ3v) is 3.18. The van der Waals surface area contributed by atoms with E-state index in [-0.39, 0.29) is 0 Å². The third kappa shape index (κ3) is 2.35. The summed E-state index contributed by atoms with van der Waals surface area (Å²) in [4.78, 5) is 11.0. The van der Waals surface area contributed by atoms with Crippen LogP contribution in [0.1, 0.15) is 16.1 Å². The zero-order chi connectivity index (χ0) is 13.3. The second kappa shape index (κ2) is 5.00. The molecule has 0 bridgehead atoms. The maximum Gasteiger partial charge on any atom is 0.228 e. The smallest absolute Gasteiger partial charge is 0.228 e.